The van der Waals surface area contributed by atoms with Crippen molar-refractivity contribution in [1.29, 1.82) is 0 Å². The zero-order chi connectivity index (χ0) is 19.6. The Balaban J connectivity index is 1.89. The zero-order valence-corrected chi connectivity index (χ0v) is 17.5. The molecule has 0 bridgehead atoms. The van der Waals surface area contributed by atoms with Crippen LogP contribution >= 0.6 is 11.3 Å². The van der Waals surface area contributed by atoms with E-state index in [1.54, 1.807) is 19.0 Å². The fourth-order valence-electron chi connectivity index (χ4n) is 2.64. The first-order valence-electron chi connectivity index (χ1n) is 9.34. The molecule has 1 atom stereocenters. The molecule has 1 aromatic heterocycles. The van der Waals surface area contributed by atoms with Crippen LogP contribution in [-0.2, 0) is 13.0 Å². The molecule has 0 aliphatic rings. The van der Waals surface area contributed by atoms with Crippen LogP contribution < -0.4 is 10.6 Å². The number of nitrogens with zero attached hydrogens (tertiary/aromatic N) is 2. The van der Waals surface area contributed by atoms with Gasteiger partial charge in [-0.05, 0) is 48.4 Å². The molecule has 0 saturated heterocycles. The Kier molecular flexibility index (Phi) is 8.33. The predicted molar refractivity (Wildman–Crippen MR) is 114 cm³/mol. The second-order valence-corrected chi connectivity index (χ2v) is 7.89. The number of thiophene rings is 1. The Bertz CT molecular complexity index is 723. The number of nitrogens with one attached hydrogen (secondary N) is 2. The summed E-state index contributed by atoms with van der Waals surface area (Å²) in [6.45, 7) is 6.58. The molecule has 27 heavy (non-hydrogen) atoms. The van der Waals surface area contributed by atoms with Crippen LogP contribution in [0.1, 0.15) is 34.6 Å². The van der Waals surface area contributed by atoms with E-state index in [2.05, 4.69) is 47.0 Å². The summed E-state index contributed by atoms with van der Waals surface area (Å²) in [4.78, 5) is 19.6. The molecule has 146 valence electrons. The van der Waals surface area contributed by atoms with E-state index in [1.165, 1.54) is 4.88 Å². The van der Waals surface area contributed by atoms with Crippen LogP contribution in [0, 0.1) is 5.92 Å². The van der Waals surface area contributed by atoms with Crippen molar-refractivity contribution in [1.82, 2.24) is 15.5 Å². The molecule has 0 radical (unpaired) electrons. The lowest BCUT2D eigenvalue weighted by Crippen LogP contribution is -2.39. The summed E-state index contributed by atoms with van der Waals surface area (Å²) >= 11 is 1.81. The molecule has 1 aromatic carbocycles. The molecular weight excluding hydrogens is 356 g/mol. The number of hydrogen-bond acceptors (Lipinski definition) is 3. The number of rotatable bonds is 8. The van der Waals surface area contributed by atoms with Gasteiger partial charge in [0.05, 0.1) is 6.54 Å². The van der Waals surface area contributed by atoms with Gasteiger partial charge in [0.15, 0.2) is 5.96 Å². The highest BCUT2D eigenvalue weighted by Crippen LogP contribution is 2.13. The van der Waals surface area contributed by atoms with Crippen LogP contribution in [0.2, 0.25) is 0 Å². The van der Waals surface area contributed by atoms with E-state index < -0.39 is 0 Å². The molecule has 2 N–H and O–H groups in total. The molecule has 0 saturated carbocycles. The van der Waals surface area contributed by atoms with Crippen molar-refractivity contribution in [2.45, 2.75) is 26.8 Å². The van der Waals surface area contributed by atoms with Crippen LogP contribution in [0.3, 0.4) is 0 Å². The second-order valence-electron chi connectivity index (χ2n) is 6.86. The number of guanidine groups is 1. The molecule has 6 heteroatoms. The van der Waals surface area contributed by atoms with Crippen LogP contribution in [-0.4, -0.2) is 44.0 Å². The van der Waals surface area contributed by atoms with Gasteiger partial charge in [0, 0.05) is 37.6 Å². The minimum absolute atomic E-state index is 0.0137. The van der Waals surface area contributed by atoms with Gasteiger partial charge in [-0.15, -0.1) is 11.3 Å². The molecule has 2 aromatic rings. The van der Waals surface area contributed by atoms with E-state index in [4.69, 9.17) is 0 Å². The fourth-order valence-corrected chi connectivity index (χ4v) is 3.51. The molecule has 0 aliphatic carbocycles. The summed E-state index contributed by atoms with van der Waals surface area (Å²) in [6, 6.07) is 11.9. The quantitative estimate of drug-likeness (QED) is 0.540. The van der Waals surface area contributed by atoms with E-state index in [9.17, 15) is 4.79 Å². The lowest BCUT2D eigenvalue weighted by Gasteiger charge is -2.15. The van der Waals surface area contributed by atoms with E-state index in [0.717, 1.165) is 31.0 Å². The lowest BCUT2D eigenvalue weighted by molar-refractivity contribution is 0.0827. The number of amides is 1. The maximum absolute atomic E-state index is 11.9. The summed E-state index contributed by atoms with van der Waals surface area (Å²) in [5.74, 6) is 1.37. The number of carbonyl (C=O) groups is 1. The molecule has 1 heterocycles. The van der Waals surface area contributed by atoms with Gasteiger partial charge in [-0.1, -0.05) is 25.1 Å². The van der Waals surface area contributed by atoms with Crippen LogP contribution in [0.5, 0.6) is 0 Å². The summed E-state index contributed by atoms with van der Waals surface area (Å²) < 4.78 is 0. The van der Waals surface area contributed by atoms with Gasteiger partial charge in [0.25, 0.3) is 5.91 Å². The smallest absolute Gasteiger partial charge is 0.253 e. The number of aliphatic imine (C=N–C) groups is 1. The van der Waals surface area contributed by atoms with Crippen molar-refractivity contribution in [3.63, 3.8) is 0 Å². The van der Waals surface area contributed by atoms with Crippen molar-refractivity contribution in [2.24, 2.45) is 10.9 Å². The summed E-state index contributed by atoms with van der Waals surface area (Å²) in [6.07, 6.45) is 1.07. The molecule has 1 amide bonds. The third-order valence-corrected chi connectivity index (χ3v) is 5.02. The Morgan fingerprint density at radius 3 is 2.52 bits per heavy atom. The van der Waals surface area contributed by atoms with Crippen LogP contribution in [0.4, 0.5) is 0 Å². The van der Waals surface area contributed by atoms with Crippen molar-refractivity contribution >= 4 is 23.2 Å². The van der Waals surface area contributed by atoms with Crippen LogP contribution in [0.15, 0.2) is 46.8 Å². The molecule has 0 spiro atoms. The SMILES string of the molecule is CCNC(=NCc1ccc(C(=O)N(C)C)cc1)NCC(C)Cc1cccs1. The van der Waals surface area contributed by atoms with E-state index >= 15 is 0 Å². The third kappa shape index (κ3) is 7.06. The largest absolute Gasteiger partial charge is 0.357 e. The maximum atomic E-state index is 11.9. The standard InChI is InChI=1S/C21H30N4OS/c1-5-22-21(23-14-16(2)13-19-7-6-12-27-19)24-15-17-8-10-18(11-9-17)20(26)25(3)4/h6-12,16H,5,13-15H2,1-4H3,(H2,22,23,24). The predicted octanol–water partition coefficient (Wildman–Crippen LogP) is 3.38. The van der Waals surface area contributed by atoms with Crippen LogP contribution in [0.25, 0.3) is 0 Å². The molecule has 2 rings (SSSR count). The van der Waals surface area contributed by atoms with E-state index in [0.29, 0.717) is 18.0 Å². The minimum Gasteiger partial charge on any atom is -0.357 e. The van der Waals surface area contributed by atoms with E-state index in [-0.39, 0.29) is 5.91 Å². The van der Waals surface area contributed by atoms with Crippen molar-refractivity contribution < 1.29 is 4.79 Å². The van der Waals surface area contributed by atoms with Crippen molar-refractivity contribution in [2.75, 3.05) is 27.2 Å². The second kappa shape index (κ2) is 10.7. The average molecular weight is 387 g/mol. The maximum Gasteiger partial charge on any atom is 0.253 e. The monoisotopic (exact) mass is 386 g/mol. The van der Waals surface area contributed by atoms with Gasteiger partial charge in [-0.3, -0.25) is 4.79 Å². The Morgan fingerprint density at radius 2 is 1.93 bits per heavy atom. The highest BCUT2D eigenvalue weighted by atomic mass is 32.1. The summed E-state index contributed by atoms with van der Waals surface area (Å²) in [5, 5.41) is 8.85. The lowest BCUT2D eigenvalue weighted by atomic mass is 10.1. The normalized spacial score (nSPS) is 12.5. The molecule has 0 fully saturated rings. The van der Waals surface area contributed by atoms with Gasteiger partial charge >= 0.3 is 0 Å². The molecule has 0 aliphatic heterocycles. The Hall–Kier alpha value is -2.34. The minimum atomic E-state index is 0.0137. The number of benzene rings is 1. The summed E-state index contributed by atoms with van der Waals surface area (Å²) in [5.41, 5.74) is 1.77. The highest BCUT2D eigenvalue weighted by Gasteiger charge is 2.08. The van der Waals surface area contributed by atoms with E-state index in [1.807, 2.05) is 35.6 Å². The Morgan fingerprint density at radius 1 is 1.19 bits per heavy atom. The fraction of sp³-hybridized carbons (Fsp3) is 0.429. The topological polar surface area (TPSA) is 56.7 Å². The Labute approximate surface area is 166 Å². The highest BCUT2D eigenvalue weighted by molar-refractivity contribution is 7.09. The first kappa shape index (κ1) is 21.0. The molecule has 1 unspecified atom stereocenters. The number of hydrogen-bond donors (Lipinski definition) is 2. The first-order valence-corrected chi connectivity index (χ1v) is 10.2. The average Bonchev–Trinajstić information content (AvgIpc) is 3.16. The summed E-state index contributed by atoms with van der Waals surface area (Å²) in [7, 11) is 3.52. The van der Waals surface area contributed by atoms with Gasteiger partial charge in [-0.2, -0.15) is 0 Å². The van der Waals surface area contributed by atoms with Crippen molar-refractivity contribution in [3.8, 4) is 0 Å². The zero-order valence-electron chi connectivity index (χ0n) is 16.7. The molecule has 5 nitrogen and oxygen atoms in total. The third-order valence-electron chi connectivity index (χ3n) is 4.12. The van der Waals surface area contributed by atoms with Gasteiger partial charge in [-0.25, -0.2) is 4.99 Å². The van der Waals surface area contributed by atoms with Gasteiger partial charge in [0.1, 0.15) is 0 Å². The van der Waals surface area contributed by atoms with Gasteiger partial charge < -0.3 is 15.5 Å². The first-order chi connectivity index (χ1) is 13.0. The van der Waals surface area contributed by atoms with Crippen molar-refractivity contribution in [3.05, 3.63) is 57.8 Å². The number of carbonyl (C=O) groups excluding carboxylic acids is 1. The molecular formula is C21H30N4OS. The van der Waals surface area contributed by atoms with Gasteiger partial charge in [0.2, 0.25) is 0 Å².